The van der Waals surface area contributed by atoms with Crippen LogP contribution in [-0.4, -0.2) is 29.8 Å². The molecule has 1 N–H and O–H groups in total. The van der Waals surface area contributed by atoms with Crippen LogP contribution in [0.15, 0.2) is 0 Å². The van der Waals surface area contributed by atoms with E-state index in [1.165, 1.54) is 6.92 Å². The first-order valence-corrected chi connectivity index (χ1v) is 8.43. The number of hydrogen-bond donors (Lipinski definition) is 1. The molecule has 0 aromatic heterocycles. The Bertz CT molecular complexity index is 472. The molecule has 0 aromatic rings. The summed E-state index contributed by atoms with van der Waals surface area (Å²) in [7, 11) is -4.03. The molecular formula is C14H26O5S. The van der Waals surface area contributed by atoms with E-state index < -0.39 is 21.0 Å². The molecule has 20 heavy (non-hydrogen) atoms. The van der Waals surface area contributed by atoms with E-state index in [1.807, 2.05) is 34.6 Å². The summed E-state index contributed by atoms with van der Waals surface area (Å²) >= 11 is 0. The Kier molecular flexibility index (Phi) is 4.62. The van der Waals surface area contributed by atoms with Crippen molar-refractivity contribution in [3.8, 4) is 0 Å². The maximum absolute atomic E-state index is 11.8. The maximum atomic E-state index is 11.8. The first-order valence-electron chi connectivity index (χ1n) is 6.93. The second-order valence-electron chi connectivity index (χ2n) is 7.37. The van der Waals surface area contributed by atoms with Crippen LogP contribution < -0.4 is 0 Å². The van der Waals surface area contributed by atoms with Gasteiger partial charge in [0.05, 0.1) is 5.25 Å². The largest absolute Gasteiger partial charge is 0.460 e. The first kappa shape index (κ1) is 17.4. The summed E-state index contributed by atoms with van der Waals surface area (Å²) in [6, 6.07) is 0. The molecule has 1 saturated carbocycles. The zero-order chi connectivity index (χ0) is 15.9. The summed E-state index contributed by atoms with van der Waals surface area (Å²) in [5.74, 6) is -0.301. The Morgan fingerprint density at radius 2 is 1.90 bits per heavy atom. The van der Waals surface area contributed by atoms with Crippen LogP contribution in [0.1, 0.15) is 54.4 Å². The van der Waals surface area contributed by atoms with Gasteiger partial charge in [0.2, 0.25) is 0 Å². The highest BCUT2D eigenvalue weighted by atomic mass is 32.2. The number of rotatable bonds is 4. The highest BCUT2D eigenvalue weighted by Crippen LogP contribution is 2.55. The lowest BCUT2D eigenvalue weighted by Gasteiger charge is -2.53. The minimum Gasteiger partial charge on any atom is -0.460 e. The quantitative estimate of drug-likeness (QED) is 0.638. The van der Waals surface area contributed by atoms with Crippen molar-refractivity contribution < 1.29 is 22.5 Å². The lowest BCUT2D eigenvalue weighted by molar-refractivity contribution is -0.160. The second kappa shape index (κ2) is 5.30. The molecule has 0 spiro atoms. The minimum atomic E-state index is -4.03. The minimum absolute atomic E-state index is 0.0894. The second-order valence-corrected chi connectivity index (χ2v) is 9.14. The van der Waals surface area contributed by atoms with Crippen LogP contribution in [0.4, 0.5) is 0 Å². The van der Waals surface area contributed by atoms with E-state index in [4.69, 9.17) is 9.29 Å². The molecule has 118 valence electrons. The fourth-order valence-corrected chi connectivity index (χ4v) is 3.87. The summed E-state index contributed by atoms with van der Waals surface area (Å²) in [6.45, 7) is 10.9. The van der Waals surface area contributed by atoms with E-state index in [2.05, 4.69) is 0 Å². The average molecular weight is 306 g/mol. The molecule has 0 aliphatic heterocycles. The van der Waals surface area contributed by atoms with Gasteiger partial charge in [-0.3, -0.25) is 9.35 Å². The highest BCUT2D eigenvalue weighted by Gasteiger charge is 2.53. The highest BCUT2D eigenvalue weighted by molar-refractivity contribution is 7.86. The van der Waals surface area contributed by atoms with Gasteiger partial charge in [-0.15, -0.1) is 0 Å². The Hall–Kier alpha value is -0.620. The molecule has 0 radical (unpaired) electrons. The van der Waals surface area contributed by atoms with Gasteiger partial charge in [-0.05, 0) is 51.4 Å². The number of ether oxygens (including phenoxy) is 1. The molecule has 0 saturated heterocycles. The van der Waals surface area contributed by atoms with Gasteiger partial charge in [0.15, 0.2) is 0 Å². The van der Waals surface area contributed by atoms with Gasteiger partial charge in [0, 0.05) is 6.42 Å². The molecule has 6 heteroatoms. The number of carbonyl (C=O) groups is 1. The van der Waals surface area contributed by atoms with Gasteiger partial charge >= 0.3 is 5.97 Å². The monoisotopic (exact) mass is 306 g/mol. The fourth-order valence-electron chi connectivity index (χ4n) is 2.99. The van der Waals surface area contributed by atoms with Crippen molar-refractivity contribution in [3.05, 3.63) is 0 Å². The Balaban J connectivity index is 2.65. The van der Waals surface area contributed by atoms with Crippen LogP contribution in [-0.2, 0) is 19.6 Å². The first-order chi connectivity index (χ1) is 8.75. The van der Waals surface area contributed by atoms with Crippen molar-refractivity contribution in [3.63, 3.8) is 0 Å². The topological polar surface area (TPSA) is 80.7 Å². The van der Waals surface area contributed by atoms with Gasteiger partial charge in [0.25, 0.3) is 10.1 Å². The number of hydrogen-bond acceptors (Lipinski definition) is 4. The Morgan fingerprint density at radius 1 is 1.40 bits per heavy atom. The maximum Gasteiger partial charge on any atom is 0.306 e. The third-order valence-corrected chi connectivity index (χ3v) is 5.68. The normalized spacial score (nSPS) is 27.6. The van der Waals surface area contributed by atoms with E-state index in [0.29, 0.717) is 12.8 Å². The van der Waals surface area contributed by atoms with Crippen LogP contribution in [0.3, 0.4) is 0 Å². The average Bonchev–Trinajstić information content (AvgIpc) is 2.18. The van der Waals surface area contributed by atoms with Crippen LogP contribution in [0.25, 0.3) is 0 Å². The van der Waals surface area contributed by atoms with Gasteiger partial charge in [-0.1, -0.05) is 13.8 Å². The SMILES string of the molecule is CC([C@@H]1C[C@H](CC(=O)OC(C)(C)C)C1(C)C)S(=O)(=O)O. The molecular weight excluding hydrogens is 280 g/mol. The van der Waals surface area contributed by atoms with Crippen molar-refractivity contribution >= 4 is 16.1 Å². The van der Waals surface area contributed by atoms with Crippen LogP contribution in [0, 0.1) is 17.3 Å². The van der Waals surface area contributed by atoms with Crippen LogP contribution in [0.5, 0.6) is 0 Å². The zero-order valence-electron chi connectivity index (χ0n) is 13.1. The van der Waals surface area contributed by atoms with Crippen LogP contribution in [0.2, 0.25) is 0 Å². The zero-order valence-corrected chi connectivity index (χ0v) is 14.0. The lowest BCUT2D eigenvalue weighted by Crippen LogP contribution is -2.52. The van der Waals surface area contributed by atoms with Gasteiger partial charge in [-0.25, -0.2) is 0 Å². The molecule has 1 aliphatic carbocycles. The van der Waals surface area contributed by atoms with E-state index in [9.17, 15) is 13.2 Å². The fraction of sp³-hybridized carbons (Fsp3) is 0.929. The van der Waals surface area contributed by atoms with Gasteiger partial charge in [-0.2, -0.15) is 8.42 Å². The Morgan fingerprint density at radius 3 is 2.25 bits per heavy atom. The standard InChI is InChI=1S/C14H26O5S/c1-9(20(16,17)18)11-7-10(14(11,5)6)8-12(15)19-13(2,3)4/h9-11H,7-8H2,1-6H3,(H,16,17,18)/t9?,10-,11+/m1/s1. The van der Waals surface area contributed by atoms with Crippen molar-refractivity contribution in [2.24, 2.45) is 17.3 Å². The third-order valence-electron chi connectivity index (χ3n) is 4.42. The predicted octanol–water partition coefficient (Wildman–Crippen LogP) is 2.66. The smallest absolute Gasteiger partial charge is 0.306 e. The van der Waals surface area contributed by atoms with Gasteiger partial charge in [0.1, 0.15) is 5.60 Å². The van der Waals surface area contributed by atoms with E-state index in [-0.39, 0.29) is 23.2 Å². The van der Waals surface area contributed by atoms with E-state index in [0.717, 1.165) is 0 Å². The van der Waals surface area contributed by atoms with Crippen molar-refractivity contribution in [2.45, 2.75) is 65.2 Å². The van der Waals surface area contributed by atoms with E-state index >= 15 is 0 Å². The predicted molar refractivity (Wildman–Crippen MR) is 76.9 cm³/mol. The van der Waals surface area contributed by atoms with Crippen LogP contribution >= 0.6 is 0 Å². The molecule has 0 aromatic carbocycles. The molecule has 0 amide bonds. The summed E-state index contributed by atoms with van der Waals surface area (Å²) in [6.07, 6.45) is 0.909. The molecule has 1 unspecified atom stereocenters. The lowest BCUT2D eigenvalue weighted by atomic mass is 9.53. The van der Waals surface area contributed by atoms with Gasteiger partial charge < -0.3 is 4.74 Å². The molecule has 5 nitrogen and oxygen atoms in total. The molecule has 3 atom stereocenters. The summed E-state index contributed by atoms with van der Waals surface area (Å²) in [4.78, 5) is 11.8. The molecule has 0 heterocycles. The molecule has 1 fully saturated rings. The van der Waals surface area contributed by atoms with Crippen molar-refractivity contribution in [2.75, 3.05) is 0 Å². The molecule has 1 rings (SSSR count). The van der Waals surface area contributed by atoms with Crippen molar-refractivity contribution in [1.29, 1.82) is 0 Å². The summed E-state index contributed by atoms with van der Waals surface area (Å²) in [5, 5.41) is -0.799. The molecule has 0 bridgehead atoms. The van der Waals surface area contributed by atoms with E-state index in [1.54, 1.807) is 0 Å². The summed E-state index contributed by atoms with van der Waals surface area (Å²) < 4.78 is 36.9. The summed E-state index contributed by atoms with van der Waals surface area (Å²) in [5.41, 5.74) is -0.807. The van der Waals surface area contributed by atoms with Crippen molar-refractivity contribution in [1.82, 2.24) is 0 Å². The third kappa shape index (κ3) is 3.95. The number of esters is 1. The molecule has 1 aliphatic rings. The number of carbonyl (C=O) groups excluding carboxylic acids is 1. The Labute approximate surface area is 121 Å².